The van der Waals surface area contributed by atoms with Crippen LogP contribution in [0.2, 0.25) is 0 Å². The summed E-state index contributed by atoms with van der Waals surface area (Å²) >= 11 is 1.37. The molecule has 1 aliphatic heterocycles. The zero-order valence-electron chi connectivity index (χ0n) is 13.3. The Balaban J connectivity index is 1.97. The van der Waals surface area contributed by atoms with Gasteiger partial charge < -0.3 is 14.5 Å². The summed E-state index contributed by atoms with van der Waals surface area (Å²) in [6, 6.07) is 8.95. The van der Waals surface area contributed by atoms with Crippen molar-refractivity contribution in [3.8, 4) is 5.75 Å². The van der Waals surface area contributed by atoms with Gasteiger partial charge in [-0.1, -0.05) is 12.1 Å². The number of anilines is 1. The molecule has 1 aliphatic rings. The highest BCUT2D eigenvalue weighted by atomic mass is 32.1. The summed E-state index contributed by atoms with van der Waals surface area (Å²) in [4.78, 5) is 29.1. The zero-order chi connectivity index (χ0) is 16.6. The van der Waals surface area contributed by atoms with Crippen molar-refractivity contribution >= 4 is 28.8 Å². The summed E-state index contributed by atoms with van der Waals surface area (Å²) in [5.74, 6) is 0.595. The molecule has 0 fully saturated rings. The monoisotopic (exact) mass is 330 g/mol. The Labute approximate surface area is 139 Å². The van der Waals surface area contributed by atoms with E-state index >= 15 is 0 Å². The van der Waals surface area contributed by atoms with Gasteiger partial charge in [-0.05, 0) is 36.1 Å². The van der Waals surface area contributed by atoms with Crippen LogP contribution in [-0.4, -0.2) is 36.9 Å². The number of fused-ring (bicyclic) bond motifs is 1. The molecule has 0 radical (unpaired) electrons. The maximum absolute atomic E-state index is 12.8. The van der Waals surface area contributed by atoms with E-state index < -0.39 is 6.04 Å². The number of thiophene rings is 1. The number of methoxy groups -OCH3 is 1. The van der Waals surface area contributed by atoms with E-state index in [2.05, 4.69) is 0 Å². The smallest absolute Gasteiger partial charge is 0.266 e. The lowest BCUT2D eigenvalue weighted by molar-refractivity contribution is -0.122. The lowest BCUT2D eigenvalue weighted by Crippen LogP contribution is -2.44. The molecule has 0 saturated heterocycles. The van der Waals surface area contributed by atoms with E-state index in [9.17, 15) is 9.59 Å². The summed E-state index contributed by atoms with van der Waals surface area (Å²) < 4.78 is 5.16. The average molecular weight is 330 g/mol. The predicted molar refractivity (Wildman–Crippen MR) is 90.1 cm³/mol. The molecular weight excluding hydrogens is 312 g/mol. The van der Waals surface area contributed by atoms with Gasteiger partial charge in [0.05, 0.1) is 19.3 Å². The van der Waals surface area contributed by atoms with Gasteiger partial charge in [0.15, 0.2) is 0 Å². The number of carbonyl (C=O) groups excluding carboxylic acids is 2. The first-order chi connectivity index (χ1) is 11.0. The van der Waals surface area contributed by atoms with Gasteiger partial charge >= 0.3 is 0 Å². The van der Waals surface area contributed by atoms with E-state index in [1.54, 1.807) is 26.0 Å². The molecule has 23 heavy (non-hydrogen) atoms. The Morgan fingerprint density at radius 2 is 1.87 bits per heavy atom. The van der Waals surface area contributed by atoms with Crippen molar-refractivity contribution in [2.45, 2.75) is 19.5 Å². The predicted octanol–water partition coefficient (Wildman–Crippen LogP) is 2.76. The van der Waals surface area contributed by atoms with Crippen LogP contribution in [0.5, 0.6) is 5.75 Å². The molecule has 0 unspecified atom stereocenters. The lowest BCUT2D eigenvalue weighted by Gasteiger charge is -2.25. The Morgan fingerprint density at radius 1 is 1.17 bits per heavy atom. The summed E-state index contributed by atoms with van der Waals surface area (Å²) in [6.07, 6.45) is 0. The minimum atomic E-state index is -0.486. The van der Waals surface area contributed by atoms with Gasteiger partial charge in [-0.2, -0.15) is 0 Å². The molecule has 5 nitrogen and oxygen atoms in total. The first-order valence-corrected chi connectivity index (χ1v) is 8.20. The molecule has 0 N–H and O–H groups in total. The quantitative estimate of drug-likeness (QED) is 0.869. The molecule has 6 heteroatoms. The number of hydrogen-bond donors (Lipinski definition) is 0. The molecule has 0 bridgehead atoms. The van der Waals surface area contributed by atoms with E-state index in [0.717, 1.165) is 11.3 Å². The van der Waals surface area contributed by atoms with Crippen LogP contribution in [0.15, 0.2) is 35.7 Å². The third-order valence-electron chi connectivity index (χ3n) is 4.15. The number of carbonyl (C=O) groups is 2. The fraction of sp³-hybridized carbons (Fsp3) is 0.294. The maximum Gasteiger partial charge on any atom is 0.266 e. The van der Waals surface area contributed by atoms with Crippen LogP contribution >= 0.6 is 11.3 Å². The summed E-state index contributed by atoms with van der Waals surface area (Å²) in [5.41, 5.74) is 1.68. The van der Waals surface area contributed by atoms with Crippen molar-refractivity contribution < 1.29 is 14.3 Å². The Kier molecular flexibility index (Phi) is 4.09. The molecule has 1 aromatic carbocycles. The normalized spacial score (nSPS) is 18.0. The van der Waals surface area contributed by atoms with Crippen LogP contribution in [0, 0.1) is 0 Å². The second-order valence-corrected chi connectivity index (χ2v) is 6.42. The van der Waals surface area contributed by atoms with Gasteiger partial charge in [-0.25, -0.2) is 0 Å². The third-order valence-corrected chi connectivity index (χ3v) is 5.05. The Bertz CT molecular complexity index is 739. The molecule has 2 amide bonds. The number of rotatable bonds is 3. The molecule has 1 atom stereocenters. The highest BCUT2D eigenvalue weighted by Crippen LogP contribution is 2.33. The number of hydrogen-bond acceptors (Lipinski definition) is 4. The van der Waals surface area contributed by atoms with Crippen LogP contribution in [0.3, 0.4) is 0 Å². The Morgan fingerprint density at radius 3 is 2.52 bits per heavy atom. The molecule has 0 aliphatic carbocycles. The van der Waals surface area contributed by atoms with Crippen molar-refractivity contribution in [3.05, 3.63) is 46.2 Å². The molecule has 2 aromatic rings. The fourth-order valence-electron chi connectivity index (χ4n) is 2.60. The zero-order valence-corrected chi connectivity index (χ0v) is 14.1. The lowest BCUT2D eigenvalue weighted by atomic mass is 10.1. The second-order valence-electron chi connectivity index (χ2n) is 5.50. The van der Waals surface area contributed by atoms with Crippen molar-refractivity contribution in [1.82, 2.24) is 4.90 Å². The second kappa shape index (κ2) is 6.04. The van der Waals surface area contributed by atoms with Crippen LogP contribution in [0.1, 0.15) is 22.2 Å². The minimum Gasteiger partial charge on any atom is -0.497 e. The molecule has 0 saturated carbocycles. The maximum atomic E-state index is 12.8. The summed E-state index contributed by atoms with van der Waals surface area (Å²) in [5, 5.41) is 1.85. The van der Waals surface area contributed by atoms with Crippen LogP contribution in [-0.2, 0) is 11.3 Å². The van der Waals surface area contributed by atoms with Crippen molar-refractivity contribution in [2.24, 2.45) is 0 Å². The van der Waals surface area contributed by atoms with Gasteiger partial charge in [0.1, 0.15) is 16.7 Å². The van der Waals surface area contributed by atoms with Gasteiger partial charge in [0.25, 0.3) is 5.91 Å². The number of amides is 2. The highest BCUT2D eigenvalue weighted by Gasteiger charge is 2.35. The third kappa shape index (κ3) is 2.70. The number of likely N-dealkylation sites (N-methyl/N-ethyl adjacent to an activating group) is 1. The molecular formula is C17H18N2O3S. The van der Waals surface area contributed by atoms with Gasteiger partial charge in [0.2, 0.25) is 5.91 Å². The van der Waals surface area contributed by atoms with Crippen molar-refractivity contribution in [3.63, 3.8) is 0 Å². The highest BCUT2D eigenvalue weighted by molar-refractivity contribution is 7.12. The van der Waals surface area contributed by atoms with E-state index in [1.807, 2.05) is 35.7 Å². The van der Waals surface area contributed by atoms with Crippen molar-refractivity contribution in [2.75, 3.05) is 19.1 Å². The van der Waals surface area contributed by atoms with Crippen LogP contribution in [0.25, 0.3) is 0 Å². The molecule has 1 aromatic heterocycles. The van der Waals surface area contributed by atoms with E-state index in [4.69, 9.17) is 4.74 Å². The largest absolute Gasteiger partial charge is 0.497 e. The summed E-state index contributed by atoms with van der Waals surface area (Å²) in [6.45, 7) is 2.19. The SMILES string of the molecule is COc1ccc(CN2C(=O)[C@H](C)N(C)C(=O)c3sccc32)cc1. The van der Waals surface area contributed by atoms with E-state index in [-0.39, 0.29) is 11.8 Å². The first-order valence-electron chi connectivity index (χ1n) is 7.32. The van der Waals surface area contributed by atoms with E-state index in [0.29, 0.717) is 17.1 Å². The van der Waals surface area contributed by atoms with Gasteiger partial charge in [-0.3, -0.25) is 9.59 Å². The minimum absolute atomic E-state index is 0.0752. The van der Waals surface area contributed by atoms with Crippen LogP contribution in [0.4, 0.5) is 5.69 Å². The topological polar surface area (TPSA) is 49.9 Å². The fourth-order valence-corrected chi connectivity index (χ4v) is 3.47. The number of ether oxygens (including phenoxy) is 1. The summed E-state index contributed by atoms with van der Waals surface area (Å²) in [7, 11) is 3.29. The van der Waals surface area contributed by atoms with Gasteiger partial charge in [0, 0.05) is 7.05 Å². The molecule has 3 rings (SSSR count). The molecule has 120 valence electrons. The number of nitrogens with zero attached hydrogens (tertiary/aromatic N) is 2. The first kappa shape index (κ1) is 15.6. The van der Waals surface area contributed by atoms with Crippen LogP contribution < -0.4 is 9.64 Å². The standard InChI is InChI=1S/C17H18N2O3S/c1-11-16(20)19(10-12-4-6-13(22-3)7-5-12)14-8-9-23-15(14)17(21)18(11)2/h4-9,11H,10H2,1-3H3/t11-/m0/s1. The van der Waals surface area contributed by atoms with E-state index in [1.165, 1.54) is 16.2 Å². The Hall–Kier alpha value is -2.34. The average Bonchev–Trinajstić information content (AvgIpc) is 3.04. The number of benzene rings is 1. The van der Waals surface area contributed by atoms with Crippen molar-refractivity contribution in [1.29, 1.82) is 0 Å². The molecule has 2 heterocycles. The molecule has 0 spiro atoms. The van der Waals surface area contributed by atoms with Gasteiger partial charge in [-0.15, -0.1) is 11.3 Å².